The molecule has 1 aliphatic rings. The van der Waals surface area contributed by atoms with E-state index in [2.05, 4.69) is 0 Å². The molecule has 70 valence electrons. The fraction of sp³-hybridized carbons (Fsp3) is 0.714. The molecule has 0 aromatic rings. The van der Waals surface area contributed by atoms with E-state index in [-0.39, 0.29) is 6.10 Å². The van der Waals surface area contributed by atoms with Crippen molar-refractivity contribution in [2.45, 2.75) is 20.0 Å². The van der Waals surface area contributed by atoms with Gasteiger partial charge in [0, 0.05) is 10.7 Å². The molecule has 0 bridgehead atoms. The van der Waals surface area contributed by atoms with Crippen molar-refractivity contribution in [1.82, 2.24) is 0 Å². The average molecular weight is 208 g/mol. The Labute approximate surface area is 77.0 Å². The predicted molar refractivity (Wildman–Crippen MR) is 51.4 cm³/mol. The van der Waals surface area contributed by atoms with E-state index >= 15 is 0 Å². The summed E-state index contributed by atoms with van der Waals surface area (Å²) in [7, 11) is -2.88. The van der Waals surface area contributed by atoms with Crippen molar-refractivity contribution in [3.8, 4) is 0 Å². The van der Waals surface area contributed by atoms with Crippen LogP contribution in [0.15, 0.2) is 10.7 Å². The topological polar surface area (TPSA) is 35.5 Å². The molecule has 2 unspecified atom stereocenters. The van der Waals surface area contributed by atoms with Crippen LogP contribution in [0.5, 0.6) is 0 Å². The number of hydrogen-bond donors (Lipinski definition) is 0. The highest BCUT2D eigenvalue weighted by Crippen LogP contribution is 2.58. The Balaban J connectivity index is 2.74. The quantitative estimate of drug-likeness (QED) is 0.668. The Morgan fingerprint density at radius 2 is 2.50 bits per heavy atom. The van der Waals surface area contributed by atoms with E-state index < -0.39 is 7.60 Å². The van der Waals surface area contributed by atoms with E-state index in [4.69, 9.17) is 9.05 Å². The summed E-state index contributed by atoms with van der Waals surface area (Å²) in [6, 6.07) is 0. The average Bonchev–Trinajstić information content (AvgIpc) is 2.27. The van der Waals surface area contributed by atoms with Crippen molar-refractivity contribution in [1.29, 1.82) is 0 Å². The minimum atomic E-state index is -2.88. The van der Waals surface area contributed by atoms with Crippen LogP contribution >= 0.6 is 19.4 Å². The summed E-state index contributed by atoms with van der Waals surface area (Å²) in [5.74, 6) is 1.62. The molecule has 0 N–H and O–H groups in total. The lowest BCUT2D eigenvalue weighted by molar-refractivity contribution is 0.204. The first-order valence-corrected chi connectivity index (χ1v) is 6.64. The normalized spacial score (nSPS) is 35.2. The first-order chi connectivity index (χ1) is 5.61. The van der Waals surface area contributed by atoms with Crippen molar-refractivity contribution in [2.75, 3.05) is 12.9 Å². The molecule has 0 aliphatic carbocycles. The lowest BCUT2D eigenvalue weighted by Crippen LogP contribution is -2.00. The third kappa shape index (κ3) is 2.13. The van der Waals surface area contributed by atoms with Gasteiger partial charge in [0.15, 0.2) is 0 Å². The summed E-state index contributed by atoms with van der Waals surface area (Å²) < 4.78 is 21.9. The molecular formula is C7H13O3PS. The maximum absolute atomic E-state index is 11.7. The van der Waals surface area contributed by atoms with E-state index in [0.29, 0.717) is 6.61 Å². The van der Waals surface area contributed by atoms with Crippen molar-refractivity contribution in [3.05, 3.63) is 10.7 Å². The Bertz CT molecular complexity index is 239. The van der Waals surface area contributed by atoms with Gasteiger partial charge in [0.05, 0.1) is 12.7 Å². The monoisotopic (exact) mass is 208 g/mol. The maximum Gasteiger partial charge on any atom is 0.355 e. The summed E-state index contributed by atoms with van der Waals surface area (Å²) in [6.07, 6.45) is 1.85. The summed E-state index contributed by atoms with van der Waals surface area (Å²) in [4.78, 5) is 0.992. The van der Waals surface area contributed by atoms with Crippen LogP contribution in [0.25, 0.3) is 0 Å². The number of hydrogen-bond acceptors (Lipinski definition) is 4. The molecule has 0 aromatic heterocycles. The Kier molecular flexibility index (Phi) is 3.41. The minimum absolute atomic E-state index is 0.0858. The Hall–Kier alpha value is 0.240. The lowest BCUT2D eigenvalue weighted by Gasteiger charge is -2.10. The van der Waals surface area contributed by atoms with Gasteiger partial charge in [0.2, 0.25) is 0 Å². The van der Waals surface area contributed by atoms with Crippen molar-refractivity contribution < 1.29 is 13.6 Å². The first-order valence-electron chi connectivity index (χ1n) is 3.80. The van der Waals surface area contributed by atoms with Gasteiger partial charge in [-0.05, 0) is 20.1 Å². The lowest BCUT2D eigenvalue weighted by atomic mass is 10.4. The summed E-state index contributed by atoms with van der Waals surface area (Å²) in [6.45, 7) is 4.10. The maximum atomic E-state index is 11.7. The smallest absolute Gasteiger partial charge is 0.306 e. The fourth-order valence-electron chi connectivity index (χ4n) is 1.03. The van der Waals surface area contributed by atoms with Gasteiger partial charge in [-0.3, -0.25) is 9.09 Å². The molecule has 12 heavy (non-hydrogen) atoms. The van der Waals surface area contributed by atoms with Gasteiger partial charge >= 0.3 is 7.60 Å². The summed E-state index contributed by atoms with van der Waals surface area (Å²) in [5.41, 5.74) is 0. The minimum Gasteiger partial charge on any atom is -0.306 e. The largest absolute Gasteiger partial charge is 0.355 e. The fourth-order valence-corrected chi connectivity index (χ4v) is 3.92. The molecule has 3 nitrogen and oxygen atoms in total. The van der Waals surface area contributed by atoms with Gasteiger partial charge in [-0.15, -0.1) is 11.8 Å². The van der Waals surface area contributed by atoms with Gasteiger partial charge in [-0.2, -0.15) is 0 Å². The zero-order valence-electron chi connectivity index (χ0n) is 7.44. The van der Waals surface area contributed by atoms with Crippen LogP contribution in [0.4, 0.5) is 0 Å². The van der Waals surface area contributed by atoms with Gasteiger partial charge in [-0.1, -0.05) is 0 Å². The van der Waals surface area contributed by atoms with Gasteiger partial charge < -0.3 is 4.52 Å². The summed E-state index contributed by atoms with van der Waals surface area (Å²) in [5, 5.41) is 0. The molecule has 0 saturated carbocycles. The molecule has 1 heterocycles. The second-order valence-electron chi connectivity index (χ2n) is 2.44. The molecule has 5 heteroatoms. The van der Waals surface area contributed by atoms with E-state index in [9.17, 15) is 4.57 Å². The van der Waals surface area contributed by atoms with Crippen LogP contribution in [0.3, 0.4) is 0 Å². The number of rotatable bonds is 3. The zero-order chi connectivity index (χ0) is 9.19. The second-order valence-corrected chi connectivity index (χ2v) is 5.13. The third-order valence-electron chi connectivity index (χ3n) is 1.54. The molecule has 0 aromatic carbocycles. The molecule has 0 radical (unpaired) electrons. The highest BCUT2D eigenvalue weighted by molar-refractivity contribution is 8.02. The van der Waals surface area contributed by atoms with E-state index in [1.54, 1.807) is 24.5 Å². The summed E-state index contributed by atoms with van der Waals surface area (Å²) >= 11 is 1.55. The highest BCUT2D eigenvalue weighted by atomic mass is 32.2. The van der Waals surface area contributed by atoms with Crippen LogP contribution in [-0.4, -0.2) is 19.0 Å². The molecule has 1 aliphatic heterocycles. The van der Waals surface area contributed by atoms with E-state index in [1.165, 1.54) is 0 Å². The molecule has 0 amide bonds. The van der Waals surface area contributed by atoms with E-state index in [1.807, 2.05) is 13.2 Å². The van der Waals surface area contributed by atoms with Crippen LogP contribution in [0, 0.1) is 0 Å². The molecule has 0 spiro atoms. The van der Waals surface area contributed by atoms with Crippen molar-refractivity contribution in [3.63, 3.8) is 0 Å². The van der Waals surface area contributed by atoms with Gasteiger partial charge in [0.25, 0.3) is 0 Å². The van der Waals surface area contributed by atoms with Crippen LogP contribution < -0.4 is 0 Å². The molecule has 2 atom stereocenters. The van der Waals surface area contributed by atoms with Gasteiger partial charge in [-0.25, -0.2) is 0 Å². The highest BCUT2D eigenvalue weighted by Gasteiger charge is 2.33. The molecule has 1 rings (SSSR count). The van der Waals surface area contributed by atoms with E-state index in [0.717, 1.165) is 4.91 Å². The predicted octanol–water partition coefficient (Wildman–Crippen LogP) is 2.84. The van der Waals surface area contributed by atoms with Crippen LogP contribution in [0.2, 0.25) is 0 Å². The molecule has 0 saturated heterocycles. The zero-order valence-corrected chi connectivity index (χ0v) is 9.15. The Morgan fingerprint density at radius 3 is 2.92 bits per heavy atom. The van der Waals surface area contributed by atoms with Gasteiger partial charge in [0.1, 0.15) is 0 Å². The SMILES string of the molecule is CCOP1(=O)C=C(SC)C(C)O1. The van der Waals surface area contributed by atoms with Crippen molar-refractivity contribution >= 4 is 19.4 Å². The van der Waals surface area contributed by atoms with Crippen molar-refractivity contribution in [2.24, 2.45) is 0 Å². The van der Waals surface area contributed by atoms with Crippen LogP contribution in [0.1, 0.15) is 13.8 Å². The first kappa shape index (κ1) is 10.3. The number of thioether (sulfide) groups is 1. The van der Waals surface area contributed by atoms with Crippen LogP contribution in [-0.2, 0) is 13.6 Å². The Morgan fingerprint density at radius 1 is 1.83 bits per heavy atom. The molecule has 0 fully saturated rings. The molecular weight excluding hydrogens is 195 g/mol. The second kappa shape index (κ2) is 3.97. The third-order valence-corrected chi connectivity index (χ3v) is 4.45. The standard InChI is InChI=1S/C7H13O3PS/c1-4-9-11(8)5-7(12-3)6(2)10-11/h5-6H,4H2,1-3H3.